The molecule has 0 amide bonds. The van der Waals surface area contributed by atoms with E-state index < -0.39 is 5.41 Å². The zero-order valence-corrected chi connectivity index (χ0v) is 28.0. The van der Waals surface area contributed by atoms with E-state index in [9.17, 15) is 9.59 Å². The highest BCUT2D eigenvalue weighted by Crippen LogP contribution is 2.44. The van der Waals surface area contributed by atoms with Crippen LogP contribution >= 0.6 is 23.2 Å². The minimum absolute atomic E-state index is 0.00556. The number of benzene rings is 2. The van der Waals surface area contributed by atoms with E-state index in [1.807, 2.05) is 85.0 Å². The summed E-state index contributed by atoms with van der Waals surface area (Å²) in [6.45, 7) is 2.78. The maximum atomic E-state index is 12.9. The minimum Gasteiger partial charge on any atom is -0.482 e. The molecule has 2 aromatic carbocycles. The van der Waals surface area contributed by atoms with Gasteiger partial charge in [0, 0.05) is 21.9 Å². The highest BCUT2D eigenvalue weighted by atomic mass is 35.5. The van der Waals surface area contributed by atoms with Crippen molar-refractivity contribution in [1.82, 2.24) is 0 Å². The Morgan fingerprint density at radius 1 is 0.745 bits per heavy atom. The maximum Gasteiger partial charge on any atom is 0.309 e. The quantitative estimate of drug-likeness (QED) is 0.107. The second-order valence-corrected chi connectivity index (χ2v) is 13.7. The number of esters is 2. The molecule has 0 radical (unpaired) electrons. The molecule has 0 saturated heterocycles. The number of hydrogen-bond acceptors (Lipinski definition) is 6. The van der Waals surface area contributed by atoms with Crippen LogP contribution in [0.15, 0.2) is 107 Å². The molecule has 2 aromatic rings. The molecule has 0 aliphatic heterocycles. The predicted molar refractivity (Wildman–Crippen MR) is 184 cm³/mol. The second-order valence-electron chi connectivity index (χ2n) is 12.8. The number of rotatable bonds is 15. The van der Waals surface area contributed by atoms with Crippen molar-refractivity contribution in [2.45, 2.75) is 63.1 Å². The lowest BCUT2D eigenvalue weighted by Gasteiger charge is -2.31. The number of allylic oxidation sites excluding steroid dienone is 6. The zero-order chi connectivity index (χ0) is 32.8. The van der Waals surface area contributed by atoms with Gasteiger partial charge in [0.25, 0.3) is 0 Å². The van der Waals surface area contributed by atoms with E-state index in [1.165, 1.54) is 0 Å². The molecule has 246 valence electrons. The lowest BCUT2D eigenvalue weighted by molar-refractivity contribution is -0.150. The van der Waals surface area contributed by atoms with Crippen molar-refractivity contribution in [1.29, 1.82) is 0 Å². The van der Waals surface area contributed by atoms with Crippen LogP contribution in [-0.4, -0.2) is 37.4 Å². The molecule has 6 rings (SSSR count). The molecule has 4 aliphatic carbocycles. The zero-order valence-electron chi connectivity index (χ0n) is 26.5. The van der Waals surface area contributed by atoms with Gasteiger partial charge in [-0.1, -0.05) is 66.5 Å². The number of unbranched alkanes of at least 4 members (excludes halogenated alkanes) is 1. The summed E-state index contributed by atoms with van der Waals surface area (Å²) in [6, 6.07) is 15.9. The fourth-order valence-corrected chi connectivity index (χ4v) is 7.17. The molecule has 0 N–H and O–H groups in total. The Balaban J connectivity index is 1.03. The number of halogens is 2. The Hall–Kier alpha value is -3.74. The summed E-state index contributed by atoms with van der Waals surface area (Å²) in [5.41, 5.74) is 1.60. The summed E-state index contributed by atoms with van der Waals surface area (Å²) >= 11 is 12.1. The van der Waals surface area contributed by atoms with Crippen molar-refractivity contribution >= 4 is 35.1 Å². The molecule has 0 spiro atoms. The van der Waals surface area contributed by atoms with Gasteiger partial charge in [0.05, 0.1) is 19.1 Å². The highest BCUT2D eigenvalue weighted by Gasteiger charge is 2.40. The first kappa shape index (κ1) is 33.2. The van der Waals surface area contributed by atoms with Gasteiger partial charge in [-0.3, -0.25) is 9.59 Å². The van der Waals surface area contributed by atoms with Crippen LogP contribution in [0.5, 0.6) is 11.5 Å². The fourth-order valence-electron chi connectivity index (χ4n) is 6.77. The third-order valence-corrected chi connectivity index (χ3v) is 10.0. The van der Waals surface area contributed by atoms with Crippen molar-refractivity contribution in [3.05, 3.63) is 118 Å². The Bertz CT molecular complexity index is 1510. The van der Waals surface area contributed by atoms with E-state index in [4.69, 9.17) is 42.1 Å². The second kappa shape index (κ2) is 15.0. The molecule has 5 unspecified atom stereocenters. The van der Waals surface area contributed by atoms with Crippen LogP contribution in [0.2, 0.25) is 0 Å². The molecule has 1 fully saturated rings. The van der Waals surface area contributed by atoms with Crippen LogP contribution in [-0.2, 0) is 24.5 Å². The number of carbonyl (C=O) groups is 2. The SMILES string of the molecule is CC(CCC(=O)OCCCCOC(=O)C1CC2C=CC1C2)(c1ccc(OC2C=CC(Cl)=C2)cc1)c1ccc(OC2C=CC(Cl)=C2)cc1. The molecule has 0 heterocycles. The van der Waals surface area contributed by atoms with Crippen molar-refractivity contribution < 1.29 is 28.5 Å². The number of fused-ring (bicyclic) bond motifs is 2. The lowest BCUT2D eigenvalue weighted by Crippen LogP contribution is -2.25. The first-order valence-corrected chi connectivity index (χ1v) is 17.2. The third kappa shape index (κ3) is 8.41. The van der Waals surface area contributed by atoms with E-state index in [2.05, 4.69) is 19.1 Å². The normalized spacial score (nSPS) is 25.0. The summed E-state index contributed by atoms with van der Waals surface area (Å²) in [5.74, 6) is 1.99. The molecule has 4 aliphatic rings. The van der Waals surface area contributed by atoms with Crippen molar-refractivity contribution in [2.75, 3.05) is 13.2 Å². The van der Waals surface area contributed by atoms with Crippen molar-refractivity contribution in [3.8, 4) is 11.5 Å². The molecule has 2 bridgehead atoms. The molecule has 6 nitrogen and oxygen atoms in total. The fraction of sp³-hybridized carbons (Fsp3) is 0.385. The standard InChI is InChI=1S/C39H40Cl2O6/c1-39(28-6-12-32(13-7-28)46-34-16-10-30(40)24-34,29-8-14-33(15-9-29)47-35-17-11-31(41)25-35)19-18-37(42)44-20-2-3-21-45-38(43)36-23-26-4-5-27(36)22-26/h4-17,24-27,34-36H,2-3,18-23H2,1H3. The van der Waals surface area contributed by atoms with Crippen LogP contribution < -0.4 is 9.47 Å². The first-order valence-electron chi connectivity index (χ1n) is 16.4. The van der Waals surface area contributed by atoms with Gasteiger partial charge in [-0.15, -0.1) is 0 Å². The van der Waals surface area contributed by atoms with Gasteiger partial charge in [0.2, 0.25) is 0 Å². The minimum atomic E-state index is -0.494. The molecular formula is C39H40Cl2O6. The van der Waals surface area contributed by atoms with Crippen LogP contribution in [0.1, 0.15) is 56.6 Å². The van der Waals surface area contributed by atoms with Crippen LogP contribution in [0.25, 0.3) is 0 Å². The van der Waals surface area contributed by atoms with Crippen LogP contribution in [0, 0.1) is 17.8 Å². The van der Waals surface area contributed by atoms with Gasteiger partial charge >= 0.3 is 11.9 Å². The molecule has 8 heteroatoms. The lowest BCUT2D eigenvalue weighted by atomic mass is 9.73. The predicted octanol–water partition coefficient (Wildman–Crippen LogP) is 8.73. The molecule has 1 saturated carbocycles. The summed E-state index contributed by atoms with van der Waals surface area (Å²) in [6.07, 6.45) is 19.2. The smallest absolute Gasteiger partial charge is 0.309 e. The van der Waals surface area contributed by atoms with Crippen LogP contribution in [0.4, 0.5) is 0 Å². The number of carbonyl (C=O) groups excluding carboxylic acids is 2. The number of ether oxygens (including phenoxy) is 4. The van der Waals surface area contributed by atoms with E-state index in [0.717, 1.165) is 35.5 Å². The summed E-state index contributed by atoms with van der Waals surface area (Å²) < 4.78 is 23.2. The third-order valence-electron chi connectivity index (χ3n) is 9.52. The Morgan fingerprint density at radius 2 is 1.30 bits per heavy atom. The molecule has 0 aromatic heterocycles. The average Bonchev–Trinajstić information content (AvgIpc) is 3.89. The van der Waals surface area contributed by atoms with E-state index in [1.54, 1.807) is 0 Å². The van der Waals surface area contributed by atoms with Gasteiger partial charge < -0.3 is 18.9 Å². The van der Waals surface area contributed by atoms with Crippen molar-refractivity contribution in [2.24, 2.45) is 17.8 Å². The Labute approximate surface area is 286 Å². The molecular weight excluding hydrogens is 635 g/mol. The van der Waals surface area contributed by atoms with Gasteiger partial charge in [-0.05, 0) is 116 Å². The number of hydrogen-bond donors (Lipinski definition) is 0. The van der Waals surface area contributed by atoms with E-state index in [-0.39, 0.29) is 36.5 Å². The van der Waals surface area contributed by atoms with E-state index in [0.29, 0.717) is 54.4 Å². The monoisotopic (exact) mass is 674 g/mol. The topological polar surface area (TPSA) is 71.1 Å². The van der Waals surface area contributed by atoms with Crippen LogP contribution in [0.3, 0.4) is 0 Å². The maximum absolute atomic E-state index is 12.9. The largest absolute Gasteiger partial charge is 0.482 e. The Morgan fingerprint density at radius 3 is 1.77 bits per heavy atom. The van der Waals surface area contributed by atoms with Crippen molar-refractivity contribution in [3.63, 3.8) is 0 Å². The average molecular weight is 676 g/mol. The van der Waals surface area contributed by atoms with Gasteiger partial charge in [-0.25, -0.2) is 0 Å². The summed E-state index contributed by atoms with van der Waals surface area (Å²) in [4.78, 5) is 25.3. The Kier molecular flexibility index (Phi) is 10.6. The van der Waals surface area contributed by atoms with E-state index >= 15 is 0 Å². The van der Waals surface area contributed by atoms with Gasteiger partial charge in [-0.2, -0.15) is 0 Å². The first-order chi connectivity index (χ1) is 22.7. The van der Waals surface area contributed by atoms with Gasteiger partial charge in [0.15, 0.2) is 0 Å². The van der Waals surface area contributed by atoms with Gasteiger partial charge in [0.1, 0.15) is 23.7 Å². The molecule has 5 atom stereocenters. The summed E-state index contributed by atoms with van der Waals surface area (Å²) in [7, 11) is 0. The summed E-state index contributed by atoms with van der Waals surface area (Å²) in [5, 5.41) is 1.32. The highest BCUT2D eigenvalue weighted by molar-refractivity contribution is 6.31. The molecule has 47 heavy (non-hydrogen) atoms.